The third-order valence-electron chi connectivity index (χ3n) is 0.767. The van der Waals surface area contributed by atoms with Crippen LogP contribution >= 0.6 is 22.6 Å². The van der Waals surface area contributed by atoms with Crippen LogP contribution in [0.25, 0.3) is 0 Å². The molecule has 0 atom stereocenters. The number of carbonyl (C=O) groups excluding carboxylic acids is 1. The van der Waals surface area contributed by atoms with E-state index in [-0.39, 0.29) is 9.33 Å². The first-order valence-corrected chi connectivity index (χ1v) is 3.47. The second kappa shape index (κ2) is 2.66. The minimum Gasteiger partial charge on any atom is -0.358 e. The smallest absolute Gasteiger partial charge is 0.235 e. The number of amides is 1. The second-order valence-electron chi connectivity index (χ2n) is 2.05. The molecule has 0 aromatic rings. The highest BCUT2D eigenvalue weighted by Crippen LogP contribution is 2.15. The standard InChI is InChI=1S/C5H10INO/c1-5(2,6)4(8)7-3/h1-3H3,(H,7,8). The lowest BCUT2D eigenvalue weighted by Gasteiger charge is -2.12. The Labute approximate surface area is 63.2 Å². The molecular weight excluding hydrogens is 217 g/mol. The monoisotopic (exact) mass is 227 g/mol. The second-order valence-corrected chi connectivity index (χ2v) is 4.75. The zero-order valence-electron chi connectivity index (χ0n) is 5.29. The SMILES string of the molecule is CNC(=O)C(C)(C)I. The van der Waals surface area contributed by atoms with Crippen molar-refractivity contribution < 1.29 is 4.79 Å². The lowest BCUT2D eigenvalue weighted by molar-refractivity contribution is -0.121. The molecule has 0 saturated heterocycles. The van der Waals surface area contributed by atoms with Crippen LogP contribution in [0.3, 0.4) is 0 Å². The quantitative estimate of drug-likeness (QED) is 0.524. The molecule has 48 valence electrons. The van der Waals surface area contributed by atoms with Crippen LogP contribution in [0.5, 0.6) is 0 Å². The van der Waals surface area contributed by atoms with Gasteiger partial charge in [0.25, 0.3) is 0 Å². The van der Waals surface area contributed by atoms with Gasteiger partial charge in [-0.15, -0.1) is 0 Å². The molecule has 8 heavy (non-hydrogen) atoms. The maximum absolute atomic E-state index is 10.7. The minimum absolute atomic E-state index is 0.0677. The first-order chi connectivity index (χ1) is 3.48. The summed E-state index contributed by atoms with van der Waals surface area (Å²) in [7, 11) is 1.64. The Hall–Kier alpha value is 0.200. The molecule has 1 amide bonds. The van der Waals surface area contributed by atoms with Crippen LogP contribution in [0.2, 0.25) is 0 Å². The average Bonchev–Trinajstić information content (AvgIpc) is 1.62. The van der Waals surface area contributed by atoms with Gasteiger partial charge in [-0.2, -0.15) is 0 Å². The van der Waals surface area contributed by atoms with Crippen LogP contribution < -0.4 is 5.32 Å². The van der Waals surface area contributed by atoms with Gasteiger partial charge in [0.1, 0.15) is 0 Å². The van der Waals surface area contributed by atoms with E-state index in [1.807, 2.05) is 13.8 Å². The number of alkyl halides is 1. The lowest BCUT2D eigenvalue weighted by atomic mass is 10.2. The van der Waals surface area contributed by atoms with Gasteiger partial charge in [-0.05, 0) is 13.8 Å². The van der Waals surface area contributed by atoms with E-state index in [0.29, 0.717) is 0 Å². The van der Waals surface area contributed by atoms with Gasteiger partial charge in [0.15, 0.2) is 0 Å². The molecule has 0 unspecified atom stereocenters. The Bertz CT molecular complexity index is 95.1. The first kappa shape index (κ1) is 8.20. The van der Waals surface area contributed by atoms with Gasteiger partial charge < -0.3 is 5.32 Å². The number of hydrogen-bond donors (Lipinski definition) is 1. The summed E-state index contributed by atoms with van der Waals surface area (Å²) in [6.45, 7) is 3.73. The van der Waals surface area contributed by atoms with Crippen LogP contribution in [0.4, 0.5) is 0 Å². The molecular formula is C5H10INO. The molecule has 0 aromatic heterocycles. The van der Waals surface area contributed by atoms with Crippen molar-refractivity contribution >= 4 is 28.5 Å². The van der Waals surface area contributed by atoms with Gasteiger partial charge in [0.2, 0.25) is 5.91 Å². The van der Waals surface area contributed by atoms with E-state index >= 15 is 0 Å². The molecule has 2 nitrogen and oxygen atoms in total. The predicted molar refractivity (Wildman–Crippen MR) is 42.2 cm³/mol. The molecule has 0 aliphatic carbocycles. The Morgan fingerprint density at radius 2 is 2.00 bits per heavy atom. The molecule has 0 radical (unpaired) electrons. The fourth-order valence-corrected chi connectivity index (χ4v) is 0.567. The van der Waals surface area contributed by atoms with E-state index in [1.54, 1.807) is 7.05 Å². The number of nitrogens with one attached hydrogen (secondary N) is 1. The molecule has 0 spiro atoms. The molecule has 0 saturated carbocycles. The van der Waals surface area contributed by atoms with Crippen LogP contribution in [0.15, 0.2) is 0 Å². The fourth-order valence-electron chi connectivity index (χ4n) is 0.297. The molecule has 0 aromatic carbocycles. The molecule has 0 aliphatic heterocycles. The van der Waals surface area contributed by atoms with Gasteiger partial charge in [-0.1, -0.05) is 22.6 Å². The summed E-state index contributed by atoms with van der Waals surface area (Å²) < 4.78 is -0.271. The third kappa shape index (κ3) is 2.49. The van der Waals surface area contributed by atoms with Crippen LogP contribution in [0.1, 0.15) is 13.8 Å². The summed E-state index contributed by atoms with van der Waals surface area (Å²) in [6.07, 6.45) is 0. The zero-order valence-corrected chi connectivity index (χ0v) is 7.44. The van der Waals surface area contributed by atoms with Gasteiger partial charge >= 0.3 is 0 Å². The van der Waals surface area contributed by atoms with E-state index in [4.69, 9.17) is 0 Å². The summed E-state index contributed by atoms with van der Waals surface area (Å²) in [5.74, 6) is 0.0677. The van der Waals surface area contributed by atoms with Crippen LogP contribution in [-0.4, -0.2) is 16.4 Å². The zero-order chi connectivity index (χ0) is 6.78. The molecule has 0 heterocycles. The molecule has 0 rings (SSSR count). The van der Waals surface area contributed by atoms with Gasteiger partial charge in [0.05, 0.1) is 3.42 Å². The lowest BCUT2D eigenvalue weighted by Crippen LogP contribution is -2.34. The van der Waals surface area contributed by atoms with Gasteiger partial charge in [-0.25, -0.2) is 0 Å². The van der Waals surface area contributed by atoms with Gasteiger partial charge in [0, 0.05) is 7.05 Å². The largest absolute Gasteiger partial charge is 0.358 e. The maximum atomic E-state index is 10.7. The highest BCUT2D eigenvalue weighted by molar-refractivity contribution is 14.1. The summed E-state index contributed by atoms with van der Waals surface area (Å²) in [5, 5.41) is 2.56. The number of hydrogen-bond acceptors (Lipinski definition) is 1. The van der Waals surface area contributed by atoms with Crippen LogP contribution in [0, 0.1) is 0 Å². The van der Waals surface area contributed by atoms with Crippen molar-refractivity contribution in [1.29, 1.82) is 0 Å². The highest BCUT2D eigenvalue weighted by atomic mass is 127. The fraction of sp³-hybridized carbons (Fsp3) is 0.800. The van der Waals surface area contributed by atoms with Gasteiger partial charge in [-0.3, -0.25) is 4.79 Å². The Kier molecular flexibility index (Phi) is 2.73. The predicted octanol–water partition coefficient (Wildman–Crippen LogP) is 0.946. The summed E-state index contributed by atoms with van der Waals surface area (Å²) in [5.41, 5.74) is 0. The van der Waals surface area contributed by atoms with Crippen molar-refractivity contribution in [3.05, 3.63) is 0 Å². The van der Waals surface area contributed by atoms with E-state index in [1.165, 1.54) is 0 Å². The molecule has 3 heteroatoms. The molecule has 0 aliphatic rings. The summed E-state index contributed by atoms with van der Waals surface area (Å²) >= 11 is 2.09. The third-order valence-corrected chi connectivity index (χ3v) is 1.26. The molecule has 0 bridgehead atoms. The Morgan fingerprint density at radius 3 is 2.00 bits per heavy atom. The van der Waals surface area contributed by atoms with Crippen LogP contribution in [-0.2, 0) is 4.79 Å². The van der Waals surface area contributed by atoms with E-state index in [0.717, 1.165) is 0 Å². The molecule has 1 N–H and O–H groups in total. The number of halogens is 1. The van der Waals surface area contributed by atoms with Crippen molar-refractivity contribution in [3.63, 3.8) is 0 Å². The first-order valence-electron chi connectivity index (χ1n) is 2.39. The maximum Gasteiger partial charge on any atom is 0.235 e. The number of rotatable bonds is 1. The van der Waals surface area contributed by atoms with E-state index in [9.17, 15) is 4.79 Å². The average molecular weight is 227 g/mol. The topological polar surface area (TPSA) is 29.1 Å². The highest BCUT2D eigenvalue weighted by Gasteiger charge is 2.20. The van der Waals surface area contributed by atoms with Crippen molar-refractivity contribution in [2.75, 3.05) is 7.05 Å². The normalized spacial score (nSPS) is 11.0. The summed E-state index contributed by atoms with van der Waals surface area (Å²) in [6, 6.07) is 0. The van der Waals surface area contributed by atoms with Crippen molar-refractivity contribution in [2.45, 2.75) is 17.3 Å². The Morgan fingerprint density at radius 1 is 1.62 bits per heavy atom. The van der Waals surface area contributed by atoms with Crippen molar-refractivity contribution in [2.24, 2.45) is 0 Å². The van der Waals surface area contributed by atoms with Crippen molar-refractivity contribution in [3.8, 4) is 0 Å². The number of carbonyl (C=O) groups is 1. The minimum atomic E-state index is -0.271. The van der Waals surface area contributed by atoms with Crippen molar-refractivity contribution in [1.82, 2.24) is 5.32 Å². The van der Waals surface area contributed by atoms with E-state index < -0.39 is 0 Å². The molecule has 0 fully saturated rings. The van der Waals surface area contributed by atoms with E-state index in [2.05, 4.69) is 27.9 Å². The summed E-state index contributed by atoms with van der Waals surface area (Å²) in [4.78, 5) is 10.7. The Balaban J connectivity index is 3.82.